The smallest absolute Gasteiger partial charge is 0.397 e. The van der Waals surface area contributed by atoms with Crippen molar-refractivity contribution >= 4 is 33.3 Å². The molecule has 0 radical (unpaired) electrons. The van der Waals surface area contributed by atoms with Crippen molar-refractivity contribution < 1.29 is 14.1 Å². The van der Waals surface area contributed by atoms with E-state index in [2.05, 4.69) is 15.3 Å². The van der Waals surface area contributed by atoms with E-state index in [1.54, 1.807) is 18.4 Å². The van der Waals surface area contributed by atoms with Gasteiger partial charge in [0, 0.05) is 18.5 Å². The molecule has 0 unspecified atom stereocenters. The Morgan fingerprint density at radius 3 is 2.96 bits per heavy atom. The highest BCUT2D eigenvalue weighted by molar-refractivity contribution is 7.19. The summed E-state index contributed by atoms with van der Waals surface area (Å²) in [7, 11) is 1.62. The summed E-state index contributed by atoms with van der Waals surface area (Å²) in [4.78, 5) is 20.1. The molecule has 3 aromatic rings. The minimum atomic E-state index is -0.589. The molecule has 3 rings (SSSR count). The van der Waals surface area contributed by atoms with Crippen molar-refractivity contribution in [3.8, 4) is 11.6 Å². The van der Waals surface area contributed by atoms with Crippen LogP contribution in [0.2, 0.25) is 0 Å². The molecule has 120 valence electrons. The zero-order valence-electron chi connectivity index (χ0n) is 12.5. The maximum Gasteiger partial charge on any atom is 0.433 e. The molecule has 3 heterocycles. The lowest BCUT2D eigenvalue weighted by molar-refractivity contribution is -0.401. The van der Waals surface area contributed by atoms with Gasteiger partial charge in [0.25, 0.3) is 0 Å². The molecular weight excluding hydrogens is 320 g/mol. The van der Waals surface area contributed by atoms with Crippen LogP contribution in [0.1, 0.15) is 4.88 Å². The van der Waals surface area contributed by atoms with Crippen molar-refractivity contribution in [1.29, 1.82) is 0 Å². The number of furan rings is 1. The molecule has 0 aliphatic carbocycles. The minimum absolute atomic E-state index is 0.261. The SMILES string of the molecule is COCCNc1nc(-c2ccc([N+](=O)[O-])o2)nc2cc(C)sc12. The molecule has 0 saturated carbocycles. The molecule has 23 heavy (non-hydrogen) atoms. The van der Waals surface area contributed by atoms with Crippen LogP contribution in [0.3, 0.4) is 0 Å². The zero-order chi connectivity index (χ0) is 16.4. The van der Waals surface area contributed by atoms with Crippen LogP contribution >= 0.6 is 11.3 Å². The molecule has 0 amide bonds. The van der Waals surface area contributed by atoms with Crippen LogP contribution in [0, 0.1) is 17.0 Å². The first-order chi connectivity index (χ1) is 11.1. The summed E-state index contributed by atoms with van der Waals surface area (Å²) in [6.07, 6.45) is 0. The second kappa shape index (κ2) is 6.31. The van der Waals surface area contributed by atoms with E-state index in [0.29, 0.717) is 24.8 Å². The van der Waals surface area contributed by atoms with Crippen LogP contribution in [0.5, 0.6) is 0 Å². The van der Waals surface area contributed by atoms with E-state index in [-0.39, 0.29) is 11.6 Å². The first kappa shape index (κ1) is 15.4. The second-order valence-corrected chi connectivity index (χ2v) is 6.04. The molecule has 9 heteroatoms. The summed E-state index contributed by atoms with van der Waals surface area (Å²) >= 11 is 1.58. The van der Waals surface area contributed by atoms with Gasteiger partial charge >= 0.3 is 5.88 Å². The number of aryl methyl sites for hydroxylation is 1. The Morgan fingerprint density at radius 1 is 1.43 bits per heavy atom. The topological polar surface area (TPSA) is 103 Å². The zero-order valence-corrected chi connectivity index (χ0v) is 13.3. The van der Waals surface area contributed by atoms with Crippen LogP contribution < -0.4 is 5.32 Å². The molecular formula is C14H14N4O4S. The van der Waals surface area contributed by atoms with Crippen molar-refractivity contribution in [3.63, 3.8) is 0 Å². The van der Waals surface area contributed by atoms with Gasteiger partial charge in [-0.15, -0.1) is 11.3 Å². The number of nitro groups is 1. The Morgan fingerprint density at radius 2 is 2.26 bits per heavy atom. The van der Waals surface area contributed by atoms with Crippen molar-refractivity contribution in [1.82, 2.24) is 9.97 Å². The van der Waals surface area contributed by atoms with E-state index in [0.717, 1.165) is 15.1 Å². The summed E-state index contributed by atoms with van der Waals surface area (Å²) in [6, 6.07) is 4.74. The molecule has 0 aliphatic rings. The van der Waals surface area contributed by atoms with Crippen LogP contribution in [0.25, 0.3) is 21.8 Å². The lowest BCUT2D eigenvalue weighted by atomic mass is 10.3. The summed E-state index contributed by atoms with van der Waals surface area (Å²) in [6.45, 7) is 3.12. The van der Waals surface area contributed by atoms with Crippen molar-refractivity contribution in [2.75, 3.05) is 25.6 Å². The van der Waals surface area contributed by atoms with Gasteiger partial charge in [-0.3, -0.25) is 10.1 Å². The number of anilines is 1. The number of rotatable bonds is 6. The molecule has 8 nitrogen and oxygen atoms in total. The first-order valence-electron chi connectivity index (χ1n) is 6.84. The van der Waals surface area contributed by atoms with Gasteiger partial charge in [0.15, 0.2) is 11.6 Å². The number of aromatic nitrogens is 2. The van der Waals surface area contributed by atoms with Gasteiger partial charge in [0.05, 0.1) is 22.9 Å². The fourth-order valence-corrected chi connectivity index (χ4v) is 3.01. The van der Waals surface area contributed by atoms with Gasteiger partial charge < -0.3 is 14.5 Å². The highest BCUT2D eigenvalue weighted by atomic mass is 32.1. The van der Waals surface area contributed by atoms with Crippen LogP contribution in [0.15, 0.2) is 22.6 Å². The van der Waals surface area contributed by atoms with Crippen molar-refractivity contribution in [2.45, 2.75) is 6.92 Å². The normalized spacial score (nSPS) is 11.0. The maximum atomic E-state index is 10.7. The Hall–Kier alpha value is -2.52. The van der Waals surface area contributed by atoms with E-state index in [4.69, 9.17) is 9.15 Å². The van der Waals surface area contributed by atoms with E-state index >= 15 is 0 Å². The Balaban J connectivity index is 2.04. The van der Waals surface area contributed by atoms with Gasteiger partial charge in [-0.1, -0.05) is 0 Å². The number of methoxy groups -OCH3 is 1. The Bertz CT molecular complexity index is 858. The van der Waals surface area contributed by atoms with Gasteiger partial charge in [0.2, 0.25) is 0 Å². The van der Waals surface area contributed by atoms with E-state index < -0.39 is 4.92 Å². The summed E-state index contributed by atoms with van der Waals surface area (Å²) < 4.78 is 11.2. The van der Waals surface area contributed by atoms with E-state index in [1.165, 1.54) is 12.1 Å². The molecule has 0 spiro atoms. The summed E-state index contributed by atoms with van der Waals surface area (Å²) in [5.74, 6) is 0.902. The van der Waals surface area contributed by atoms with Crippen molar-refractivity contribution in [3.05, 3.63) is 33.2 Å². The molecule has 1 N–H and O–H groups in total. The molecule has 0 fully saturated rings. The van der Waals surface area contributed by atoms with Gasteiger partial charge in [0.1, 0.15) is 10.7 Å². The van der Waals surface area contributed by atoms with Crippen LogP contribution in [0.4, 0.5) is 11.7 Å². The number of hydrogen-bond donors (Lipinski definition) is 1. The highest BCUT2D eigenvalue weighted by Gasteiger charge is 2.18. The number of nitrogens with one attached hydrogen (secondary N) is 1. The number of fused-ring (bicyclic) bond motifs is 1. The Kier molecular flexibility index (Phi) is 4.22. The summed E-state index contributed by atoms with van der Waals surface area (Å²) in [5.41, 5.74) is 0.775. The van der Waals surface area contributed by atoms with Crippen LogP contribution in [-0.2, 0) is 4.74 Å². The first-order valence-corrected chi connectivity index (χ1v) is 7.65. The van der Waals surface area contributed by atoms with Gasteiger partial charge in [-0.05, 0) is 19.1 Å². The van der Waals surface area contributed by atoms with E-state index in [9.17, 15) is 10.1 Å². The van der Waals surface area contributed by atoms with Gasteiger partial charge in [-0.25, -0.2) is 9.97 Å². The predicted molar refractivity (Wildman–Crippen MR) is 86.9 cm³/mol. The molecule has 0 bridgehead atoms. The number of thiophene rings is 1. The maximum absolute atomic E-state index is 10.7. The molecule has 0 aliphatic heterocycles. The lowest BCUT2D eigenvalue weighted by Crippen LogP contribution is -2.09. The van der Waals surface area contributed by atoms with Crippen LogP contribution in [-0.4, -0.2) is 35.2 Å². The fourth-order valence-electron chi connectivity index (χ4n) is 2.10. The average Bonchev–Trinajstić information content (AvgIpc) is 3.12. The lowest BCUT2D eigenvalue weighted by Gasteiger charge is -2.07. The quantitative estimate of drug-likeness (QED) is 0.419. The molecule has 0 aromatic carbocycles. The second-order valence-electron chi connectivity index (χ2n) is 4.78. The largest absolute Gasteiger partial charge is 0.433 e. The minimum Gasteiger partial charge on any atom is -0.397 e. The third-order valence-corrected chi connectivity index (χ3v) is 4.13. The van der Waals surface area contributed by atoms with Gasteiger partial charge in [-0.2, -0.15) is 0 Å². The van der Waals surface area contributed by atoms with E-state index in [1.807, 2.05) is 13.0 Å². The number of hydrogen-bond acceptors (Lipinski definition) is 8. The predicted octanol–water partition coefficient (Wildman–Crippen LogP) is 3.23. The fraction of sp³-hybridized carbons (Fsp3) is 0.286. The third kappa shape index (κ3) is 3.15. The van der Waals surface area contributed by atoms with Crippen molar-refractivity contribution in [2.24, 2.45) is 0 Å². The standard InChI is InChI=1S/C14H14N4O4S/c1-8-7-9-12(23-8)14(15-5-6-21-2)17-13(16-9)10-3-4-11(22-10)18(19)20/h3-4,7H,5-6H2,1-2H3,(H,15,16,17). The Labute approximate surface area is 135 Å². The monoisotopic (exact) mass is 334 g/mol. The average molecular weight is 334 g/mol. The molecule has 3 aromatic heterocycles. The molecule has 0 saturated heterocycles. The summed E-state index contributed by atoms with van der Waals surface area (Å²) in [5, 5.41) is 13.9. The molecule has 0 atom stereocenters. The third-order valence-electron chi connectivity index (χ3n) is 3.09. The highest BCUT2D eigenvalue weighted by Crippen LogP contribution is 2.32. The number of nitrogens with zero attached hydrogens (tertiary/aromatic N) is 3. The number of ether oxygens (including phenoxy) is 1.